The Balaban J connectivity index is 1.47. The van der Waals surface area contributed by atoms with Gasteiger partial charge < -0.3 is 24.0 Å². The van der Waals surface area contributed by atoms with Crippen LogP contribution in [0, 0.1) is 0 Å². The average Bonchev–Trinajstić information content (AvgIpc) is 3.49. The maximum atomic E-state index is 12.5. The molecule has 1 N–H and O–H groups in total. The van der Waals surface area contributed by atoms with Gasteiger partial charge in [0, 0.05) is 55.0 Å². The van der Waals surface area contributed by atoms with Crippen molar-refractivity contribution in [2.24, 2.45) is 5.16 Å². The van der Waals surface area contributed by atoms with Crippen LogP contribution in [-0.4, -0.2) is 52.6 Å². The highest BCUT2D eigenvalue weighted by atomic mass is 16.6. The van der Waals surface area contributed by atoms with E-state index in [1.807, 2.05) is 39.0 Å². The van der Waals surface area contributed by atoms with E-state index in [1.165, 1.54) is 5.56 Å². The van der Waals surface area contributed by atoms with Crippen LogP contribution in [0.25, 0.3) is 22.5 Å². The highest BCUT2D eigenvalue weighted by Crippen LogP contribution is 2.43. The van der Waals surface area contributed by atoms with E-state index in [0.29, 0.717) is 37.5 Å². The number of furan rings is 1. The molecule has 0 bridgehead atoms. The topological polar surface area (TPSA) is 97.4 Å². The molecule has 1 amide bonds. The van der Waals surface area contributed by atoms with E-state index in [4.69, 9.17) is 14.0 Å². The number of pyridine rings is 1. The maximum absolute atomic E-state index is 12.5. The predicted molar refractivity (Wildman–Crippen MR) is 140 cm³/mol. The van der Waals surface area contributed by atoms with Crippen molar-refractivity contribution in [3.63, 3.8) is 0 Å². The van der Waals surface area contributed by atoms with Crippen molar-refractivity contribution < 1.29 is 23.9 Å². The van der Waals surface area contributed by atoms with Crippen LogP contribution >= 0.6 is 0 Å². The van der Waals surface area contributed by atoms with Gasteiger partial charge in [-0.1, -0.05) is 23.4 Å². The van der Waals surface area contributed by atoms with Crippen LogP contribution in [0.1, 0.15) is 56.9 Å². The van der Waals surface area contributed by atoms with Crippen molar-refractivity contribution in [3.8, 4) is 22.5 Å². The van der Waals surface area contributed by atoms with Crippen LogP contribution in [0.4, 0.5) is 4.79 Å². The molecule has 1 aromatic carbocycles. The fraction of sp³-hybridized carbons (Fsp3) is 0.414. The molecule has 2 aliphatic rings. The van der Waals surface area contributed by atoms with Crippen LogP contribution < -0.4 is 0 Å². The van der Waals surface area contributed by atoms with Crippen LogP contribution in [0.5, 0.6) is 0 Å². The lowest BCUT2D eigenvalue weighted by molar-refractivity contribution is -0.0476. The lowest BCUT2D eigenvalue weighted by Gasteiger charge is -2.37. The number of carbonyl (C=O) groups is 1. The van der Waals surface area contributed by atoms with Crippen molar-refractivity contribution in [1.82, 2.24) is 9.88 Å². The molecule has 0 saturated carbocycles. The Labute approximate surface area is 216 Å². The van der Waals surface area contributed by atoms with Crippen molar-refractivity contribution >= 4 is 11.8 Å². The molecule has 1 fully saturated rings. The summed E-state index contributed by atoms with van der Waals surface area (Å²) in [6, 6.07) is 12.0. The Morgan fingerprint density at radius 1 is 1.05 bits per heavy atom. The molecule has 1 saturated heterocycles. The first kappa shape index (κ1) is 25.0. The first-order valence-corrected chi connectivity index (χ1v) is 12.7. The number of oxime groups is 1. The van der Waals surface area contributed by atoms with E-state index in [-0.39, 0.29) is 6.09 Å². The lowest BCUT2D eigenvalue weighted by atomic mass is 9.88. The van der Waals surface area contributed by atoms with E-state index in [9.17, 15) is 9.90 Å². The van der Waals surface area contributed by atoms with E-state index in [2.05, 4.69) is 28.3 Å². The third-order valence-electron chi connectivity index (χ3n) is 6.94. The number of hydrogen-bond donors (Lipinski definition) is 1. The number of nitrogens with zero attached hydrogens (tertiary/aromatic N) is 3. The molecular formula is C29H33N3O5. The first-order valence-electron chi connectivity index (χ1n) is 12.7. The largest absolute Gasteiger partial charge is 0.457 e. The number of hydrogen-bond acceptors (Lipinski definition) is 7. The van der Waals surface area contributed by atoms with Crippen LogP contribution in [0.3, 0.4) is 0 Å². The molecule has 8 nitrogen and oxygen atoms in total. The Morgan fingerprint density at radius 3 is 2.46 bits per heavy atom. The zero-order chi connectivity index (χ0) is 26.2. The second kappa shape index (κ2) is 9.67. The Hall–Kier alpha value is -3.65. The van der Waals surface area contributed by atoms with Gasteiger partial charge in [-0.05, 0) is 62.9 Å². The Kier molecular flexibility index (Phi) is 6.54. The van der Waals surface area contributed by atoms with Gasteiger partial charge in [0.1, 0.15) is 29.8 Å². The Morgan fingerprint density at radius 2 is 1.78 bits per heavy atom. The number of amides is 1. The van der Waals surface area contributed by atoms with Crippen LogP contribution in [0.2, 0.25) is 0 Å². The number of rotatable bonds is 4. The number of benzene rings is 1. The van der Waals surface area contributed by atoms with E-state index >= 15 is 0 Å². The number of likely N-dealkylation sites (tertiary alicyclic amines) is 1. The van der Waals surface area contributed by atoms with E-state index in [1.54, 1.807) is 24.4 Å². The fourth-order valence-corrected chi connectivity index (χ4v) is 5.03. The number of aliphatic hydroxyl groups is 1. The minimum Gasteiger partial charge on any atom is -0.457 e. The number of carbonyl (C=O) groups excluding carboxylic acids is 1. The third-order valence-corrected chi connectivity index (χ3v) is 6.94. The van der Waals surface area contributed by atoms with Gasteiger partial charge in [0.05, 0.1) is 5.71 Å². The van der Waals surface area contributed by atoms with Crippen LogP contribution in [0.15, 0.2) is 58.4 Å². The summed E-state index contributed by atoms with van der Waals surface area (Å²) >= 11 is 0. The minimum absolute atomic E-state index is 0.357. The SMILES string of the molecule is CON=C1CCc2cc(-c3cc(C4(O)CCN(C(=O)OC(C)(C)C)CC4)oc3-c3ccncc3)ccc21. The molecule has 1 aliphatic carbocycles. The predicted octanol–water partition coefficient (Wildman–Crippen LogP) is 5.52. The van der Waals surface area contributed by atoms with Crippen molar-refractivity contribution in [2.45, 2.75) is 57.7 Å². The quantitative estimate of drug-likeness (QED) is 0.471. The molecule has 0 atom stereocenters. The maximum Gasteiger partial charge on any atom is 0.410 e. The van der Waals surface area contributed by atoms with E-state index < -0.39 is 11.2 Å². The molecule has 5 rings (SSSR count). The van der Waals surface area contributed by atoms with Crippen molar-refractivity contribution in [1.29, 1.82) is 0 Å². The molecule has 0 radical (unpaired) electrons. The molecule has 0 unspecified atom stereocenters. The first-order chi connectivity index (χ1) is 17.7. The summed E-state index contributed by atoms with van der Waals surface area (Å²) in [4.78, 5) is 23.3. The molecule has 2 aromatic heterocycles. The summed E-state index contributed by atoms with van der Waals surface area (Å²) in [7, 11) is 1.57. The zero-order valence-electron chi connectivity index (χ0n) is 21.8. The minimum atomic E-state index is -1.19. The number of fused-ring (bicyclic) bond motifs is 1. The van der Waals surface area contributed by atoms with Crippen molar-refractivity contribution in [3.05, 3.63) is 65.7 Å². The Bertz CT molecular complexity index is 1320. The van der Waals surface area contributed by atoms with Gasteiger partial charge in [0.2, 0.25) is 0 Å². The fourth-order valence-electron chi connectivity index (χ4n) is 5.03. The van der Waals surface area contributed by atoms with Gasteiger partial charge in [0.25, 0.3) is 0 Å². The summed E-state index contributed by atoms with van der Waals surface area (Å²) < 4.78 is 11.9. The average molecular weight is 504 g/mol. The highest BCUT2D eigenvalue weighted by Gasteiger charge is 2.40. The zero-order valence-corrected chi connectivity index (χ0v) is 21.8. The third kappa shape index (κ3) is 5.11. The molecule has 3 heterocycles. The van der Waals surface area contributed by atoms with Gasteiger partial charge in [-0.2, -0.15) is 0 Å². The summed E-state index contributed by atoms with van der Waals surface area (Å²) in [6.45, 7) is 6.31. The molecule has 0 spiro atoms. The second-order valence-corrected chi connectivity index (χ2v) is 10.7. The lowest BCUT2D eigenvalue weighted by Crippen LogP contribution is -2.46. The summed E-state index contributed by atoms with van der Waals surface area (Å²) in [6.07, 6.45) is 5.55. The monoisotopic (exact) mass is 503 g/mol. The summed E-state index contributed by atoms with van der Waals surface area (Å²) in [5.74, 6) is 1.18. The highest BCUT2D eigenvalue weighted by molar-refractivity contribution is 6.04. The van der Waals surface area contributed by atoms with Gasteiger partial charge in [0.15, 0.2) is 0 Å². The molecule has 37 heavy (non-hydrogen) atoms. The normalized spacial score (nSPS) is 18.1. The number of piperidine rings is 1. The number of ether oxygens (including phenoxy) is 1. The van der Waals surface area contributed by atoms with Crippen molar-refractivity contribution in [2.75, 3.05) is 20.2 Å². The molecule has 194 valence electrons. The standard InChI is InChI=1S/C29H33N3O5/c1-28(2,3)37-27(33)32-15-11-29(34,12-16-32)25-18-23(26(36-25)19-9-13-30-14-10-19)21-5-7-22-20(17-21)6-8-24(22)31-35-4/h5,7,9-10,13-14,17-18,34H,6,8,11-12,15-16H2,1-4H3. The smallest absolute Gasteiger partial charge is 0.410 e. The van der Waals surface area contributed by atoms with Gasteiger partial charge in [-0.3, -0.25) is 4.98 Å². The van der Waals surface area contributed by atoms with Gasteiger partial charge in [-0.25, -0.2) is 4.79 Å². The van der Waals surface area contributed by atoms with Gasteiger partial charge >= 0.3 is 6.09 Å². The molecular weight excluding hydrogens is 470 g/mol. The summed E-state index contributed by atoms with van der Waals surface area (Å²) in [5, 5.41) is 15.8. The van der Waals surface area contributed by atoms with Gasteiger partial charge in [-0.15, -0.1) is 0 Å². The second-order valence-electron chi connectivity index (χ2n) is 10.7. The molecule has 3 aromatic rings. The number of aryl methyl sites for hydroxylation is 1. The molecule has 8 heteroatoms. The summed E-state index contributed by atoms with van der Waals surface area (Å²) in [5.41, 5.74) is 4.32. The molecule has 1 aliphatic heterocycles. The van der Waals surface area contributed by atoms with E-state index in [0.717, 1.165) is 40.8 Å². The van der Waals surface area contributed by atoms with Crippen LogP contribution in [-0.2, 0) is 21.6 Å². The number of aromatic nitrogens is 1.